The zero-order valence-corrected chi connectivity index (χ0v) is 11.8. The van der Waals surface area contributed by atoms with Crippen molar-refractivity contribution >= 4 is 18.3 Å². The third-order valence-corrected chi connectivity index (χ3v) is 3.65. The topological polar surface area (TPSA) is 51.3 Å². The van der Waals surface area contributed by atoms with Gasteiger partial charge in [0.25, 0.3) is 5.91 Å². The number of aryl methyl sites for hydroxylation is 1. The van der Waals surface area contributed by atoms with Crippen molar-refractivity contribution in [3.63, 3.8) is 0 Å². The van der Waals surface area contributed by atoms with Crippen molar-refractivity contribution in [2.45, 2.75) is 25.8 Å². The SMILES string of the molecule is CC(N)C1CCCN(C(=O)c2cccn2C)C1.Cl. The van der Waals surface area contributed by atoms with E-state index in [2.05, 4.69) is 0 Å². The minimum Gasteiger partial charge on any atom is -0.347 e. The highest BCUT2D eigenvalue weighted by Crippen LogP contribution is 2.20. The van der Waals surface area contributed by atoms with E-state index in [9.17, 15) is 4.79 Å². The van der Waals surface area contributed by atoms with Crippen LogP contribution in [0.1, 0.15) is 30.3 Å². The van der Waals surface area contributed by atoms with E-state index in [1.165, 1.54) is 0 Å². The van der Waals surface area contributed by atoms with E-state index < -0.39 is 0 Å². The third kappa shape index (κ3) is 3.06. The largest absolute Gasteiger partial charge is 0.347 e. The number of amides is 1. The predicted molar refractivity (Wildman–Crippen MR) is 74.9 cm³/mol. The molecule has 2 atom stereocenters. The predicted octanol–water partition coefficient (Wildman–Crippen LogP) is 1.65. The number of carbonyl (C=O) groups is 1. The number of nitrogens with two attached hydrogens (primary N) is 1. The molecule has 0 bridgehead atoms. The molecule has 1 aromatic rings. The van der Waals surface area contributed by atoms with Crippen molar-refractivity contribution in [1.82, 2.24) is 9.47 Å². The Balaban J connectivity index is 0.00000162. The molecular weight excluding hydrogens is 250 g/mol. The van der Waals surface area contributed by atoms with Crippen molar-refractivity contribution in [3.05, 3.63) is 24.0 Å². The number of rotatable bonds is 2. The Kier molecular flexibility index (Phi) is 5.23. The van der Waals surface area contributed by atoms with Crippen molar-refractivity contribution in [2.75, 3.05) is 13.1 Å². The summed E-state index contributed by atoms with van der Waals surface area (Å²) in [6, 6.07) is 3.94. The van der Waals surface area contributed by atoms with Gasteiger partial charge in [0.15, 0.2) is 0 Å². The summed E-state index contributed by atoms with van der Waals surface area (Å²) in [5.74, 6) is 0.566. The molecule has 1 saturated heterocycles. The summed E-state index contributed by atoms with van der Waals surface area (Å²) < 4.78 is 1.87. The van der Waals surface area contributed by atoms with Crippen LogP contribution in [0.4, 0.5) is 0 Å². The first-order valence-electron chi connectivity index (χ1n) is 6.26. The molecule has 2 heterocycles. The highest BCUT2D eigenvalue weighted by atomic mass is 35.5. The molecular formula is C13H22ClN3O. The van der Waals surface area contributed by atoms with Crippen LogP contribution in [0.25, 0.3) is 0 Å². The maximum absolute atomic E-state index is 12.3. The van der Waals surface area contributed by atoms with Crippen molar-refractivity contribution < 1.29 is 4.79 Å². The maximum Gasteiger partial charge on any atom is 0.270 e. The Morgan fingerprint density at radius 1 is 1.56 bits per heavy atom. The highest BCUT2D eigenvalue weighted by Gasteiger charge is 2.27. The number of carbonyl (C=O) groups excluding carboxylic acids is 1. The van der Waals surface area contributed by atoms with E-state index >= 15 is 0 Å². The maximum atomic E-state index is 12.3. The number of piperidine rings is 1. The summed E-state index contributed by atoms with van der Waals surface area (Å²) in [7, 11) is 1.90. The van der Waals surface area contributed by atoms with Gasteiger partial charge in [-0.25, -0.2) is 0 Å². The smallest absolute Gasteiger partial charge is 0.270 e. The Morgan fingerprint density at radius 3 is 2.83 bits per heavy atom. The van der Waals surface area contributed by atoms with Gasteiger partial charge in [-0.1, -0.05) is 0 Å². The van der Waals surface area contributed by atoms with Crippen LogP contribution in [0.15, 0.2) is 18.3 Å². The number of hydrogen-bond donors (Lipinski definition) is 1. The molecule has 0 radical (unpaired) electrons. The number of hydrogen-bond acceptors (Lipinski definition) is 2. The molecule has 18 heavy (non-hydrogen) atoms. The highest BCUT2D eigenvalue weighted by molar-refractivity contribution is 5.92. The molecule has 2 N–H and O–H groups in total. The van der Waals surface area contributed by atoms with Gasteiger partial charge in [0, 0.05) is 32.4 Å². The van der Waals surface area contributed by atoms with Crippen molar-refractivity contribution in [2.24, 2.45) is 18.7 Å². The van der Waals surface area contributed by atoms with Crippen LogP contribution in [0.5, 0.6) is 0 Å². The second-order valence-corrected chi connectivity index (χ2v) is 5.02. The summed E-state index contributed by atoms with van der Waals surface area (Å²) in [6.07, 6.45) is 4.09. The van der Waals surface area contributed by atoms with Crippen molar-refractivity contribution in [3.8, 4) is 0 Å². The lowest BCUT2D eigenvalue weighted by molar-refractivity contribution is 0.0651. The minimum atomic E-state index is 0. The van der Waals surface area contributed by atoms with Gasteiger partial charge in [-0.3, -0.25) is 4.79 Å². The summed E-state index contributed by atoms with van der Waals surface area (Å²) >= 11 is 0. The van der Waals surface area contributed by atoms with E-state index in [4.69, 9.17) is 5.73 Å². The van der Waals surface area contributed by atoms with Crippen LogP contribution < -0.4 is 5.73 Å². The standard InChI is InChI=1S/C13H21N3O.ClH/c1-10(14)11-5-3-8-16(9-11)13(17)12-6-4-7-15(12)2;/h4,6-7,10-11H,3,5,8-9,14H2,1-2H3;1H. The number of halogens is 1. The van der Waals surface area contributed by atoms with Crippen molar-refractivity contribution in [1.29, 1.82) is 0 Å². The summed E-state index contributed by atoms with van der Waals surface area (Å²) in [5.41, 5.74) is 6.69. The van der Waals surface area contributed by atoms with Gasteiger partial charge >= 0.3 is 0 Å². The molecule has 0 spiro atoms. The van der Waals surface area contributed by atoms with Gasteiger partial charge in [-0.2, -0.15) is 0 Å². The second-order valence-electron chi connectivity index (χ2n) is 5.02. The molecule has 1 aliphatic rings. The lowest BCUT2D eigenvalue weighted by Crippen LogP contribution is -2.45. The fourth-order valence-electron chi connectivity index (χ4n) is 2.47. The van der Waals surface area contributed by atoms with Gasteiger partial charge < -0.3 is 15.2 Å². The number of likely N-dealkylation sites (tertiary alicyclic amines) is 1. The van der Waals surface area contributed by atoms with Gasteiger partial charge in [0.05, 0.1) is 0 Å². The molecule has 0 aliphatic carbocycles. The van der Waals surface area contributed by atoms with Gasteiger partial charge in [0.2, 0.25) is 0 Å². The molecule has 1 aromatic heterocycles. The molecule has 2 unspecified atom stereocenters. The van der Waals surface area contributed by atoms with E-state index in [1.807, 2.05) is 41.8 Å². The molecule has 4 nitrogen and oxygen atoms in total. The molecule has 5 heteroatoms. The first kappa shape index (κ1) is 15.1. The van der Waals surface area contributed by atoms with E-state index in [0.29, 0.717) is 5.92 Å². The van der Waals surface area contributed by atoms with Crippen LogP contribution in [-0.2, 0) is 7.05 Å². The lowest BCUT2D eigenvalue weighted by Gasteiger charge is -2.34. The molecule has 0 saturated carbocycles. The summed E-state index contributed by atoms with van der Waals surface area (Å²) in [5, 5.41) is 0. The Labute approximate surface area is 115 Å². The minimum absolute atomic E-state index is 0. The van der Waals surface area contributed by atoms with Crippen LogP contribution in [0.2, 0.25) is 0 Å². The number of aromatic nitrogens is 1. The van der Waals surface area contributed by atoms with Crippen LogP contribution in [0.3, 0.4) is 0 Å². The van der Waals surface area contributed by atoms with Gasteiger partial charge in [0.1, 0.15) is 5.69 Å². The quantitative estimate of drug-likeness (QED) is 0.889. The lowest BCUT2D eigenvalue weighted by atomic mass is 9.92. The summed E-state index contributed by atoms with van der Waals surface area (Å²) in [6.45, 7) is 3.68. The molecule has 2 rings (SSSR count). The fraction of sp³-hybridized carbons (Fsp3) is 0.615. The van der Waals surface area contributed by atoms with Crippen LogP contribution in [-0.4, -0.2) is 34.5 Å². The average molecular weight is 272 g/mol. The molecule has 102 valence electrons. The average Bonchev–Trinajstić information content (AvgIpc) is 2.74. The van der Waals surface area contributed by atoms with Gasteiger partial charge in [-0.15, -0.1) is 12.4 Å². The Morgan fingerprint density at radius 2 is 2.28 bits per heavy atom. The molecule has 0 aromatic carbocycles. The molecule has 1 aliphatic heterocycles. The second kappa shape index (κ2) is 6.25. The van der Waals surface area contributed by atoms with E-state index in [1.54, 1.807) is 0 Å². The van der Waals surface area contributed by atoms with Gasteiger partial charge in [-0.05, 0) is 37.8 Å². The third-order valence-electron chi connectivity index (χ3n) is 3.65. The van der Waals surface area contributed by atoms with E-state index in [-0.39, 0.29) is 24.4 Å². The first-order chi connectivity index (χ1) is 8.09. The molecule has 1 fully saturated rings. The molecule has 1 amide bonds. The Bertz CT molecular complexity index is 403. The zero-order valence-electron chi connectivity index (χ0n) is 11.0. The first-order valence-corrected chi connectivity index (χ1v) is 6.26. The van der Waals surface area contributed by atoms with Crippen LogP contribution >= 0.6 is 12.4 Å². The zero-order chi connectivity index (χ0) is 12.4. The summed E-state index contributed by atoms with van der Waals surface area (Å²) in [4.78, 5) is 14.3. The van der Waals surface area contributed by atoms with Crippen LogP contribution in [0, 0.1) is 5.92 Å². The normalized spacial score (nSPS) is 21.3. The monoisotopic (exact) mass is 271 g/mol. The van der Waals surface area contributed by atoms with E-state index in [0.717, 1.165) is 31.6 Å². The Hall–Kier alpha value is -1.00. The fourth-order valence-corrected chi connectivity index (χ4v) is 2.47. The number of nitrogens with zero attached hydrogens (tertiary/aromatic N) is 2.